The average molecular weight is 424 g/mol. The summed E-state index contributed by atoms with van der Waals surface area (Å²) in [5.41, 5.74) is 2.29. The minimum Gasteiger partial charge on any atom is -0.451 e. The van der Waals surface area contributed by atoms with Gasteiger partial charge in [-0.1, -0.05) is 41.5 Å². The predicted molar refractivity (Wildman–Crippen MR) is 118 cm³/mol. The number of amides is 2. The van der Waals surface area contributed by atoms with E-state index in [1.165, 1.54) is 0 Å². The van der Waals surface area contributed by atoms with E-state index in [0.29, 0.717) is 22.7 Å². The van der Waals surface area contributed by atoms with E-state index < -0.39 is 5.91 Å². The van der Waals surface area contributed by atoms with Gasteiger partial charge in [0.05, 0.1) is 0 Å². The molecule has 0 radical (unpaired) electrons. The third kappa shape index (κ3) is 3.97. The van der Waals surface area contributed by atoms with E-state index in [2.05, 4.69) is 20.8 Å². The summed E-state index contributed by atoms with van der Waals surface area (Å²) in [5.74, 6) is -0.274. The minimum absolute atomic E-state index is 0.00359. The van der Waals surface area contributed by atoms with Crippen molar-refractivity contribution in [2.75, 3.05) is 10.6 Å². The van der Waals surface area contributed by atoms with Crippen molar-refractivity contribution >= 4 is 34.5 Å². The Labute approximate surface area is 181 Å². The summed E-state index contributed by atoms with van der Waals surface area (Å²) in [4.78, 5) is 24.9. The lowest BCUT2D eigenvalue weighted by molar-refractivity contribution is 0.0996. The number of fused-ring (bicyclic) bond motifs is 1. The summed E-state index contributed by atoms with van der Waals surface area (Å²) in [7, 11) is 0. The molecule has 2 heterocycles. The molecule has 0 saturated carbocycles. The highest BCUT2D eigenvalue weighted by molar-refractivity contribution is 6.06. The van der Waals surface area contributed by atoms with Crippen molar-refractivity contribution < 1.29 is 18.4 Å². The van der Waals surface area contributed by atoms with Crippen molar-refractivity contribution in [2.45, 2.75) is 0 Å². The van der Waals surface area contributed by atoms with Crippen LogP contribution in [0.25, 0.3) is 22.4 Å². The molecule has 32 heavy (non-hydrogen) atoms. The Morgan fingerprint density at radius 2 is 1.47 bits per heavy atom. The molecule has 3 aromatic carbocycles. The number of rotatable bonds is 5. The van der Waals surface area contributed by atoms with Crippen LogP contribution in [0.5, 0.6) is 0 Å². The molecule has 0 aliphatic carbocycles. The van der Waals surface area contributed by atoms with Gasteiger partial charge in [-0.3, -0.25) is 14.9 Å². The normalized spacial score (nSPS) is 10.8. The topological polar surface area (TPSA) is 110 Å². The zero-order chi connectivity index (χ0) is 21.9. The number of hydrogen-bond donors (Lipinski definition) is 2. The van der Waals surface area contributed by atoms with Gasteiger partial charge >= 0.3 is 6.01 Å². The first-order valence-electron chi connectivity index (χ1n) is 9.76. The summed E-state index contributed by atoms with van der Waals surface area (Å²) in [6, 6.07) is 24.7. The van der Waals surface area contributed by atoms with E-state index in [4.69, 9.17) is 8.83 Å². The molecule has 0 aliphatic rings. The Bertz CT molecular complexity index is 1370. The summed E-state index contributed by atoms with van der Waals surface area (Å²) < 4.78 is 11.1. The van der Waals surface area contributed by atoms with Crippen molar-refractivity contribution in [1.82, 2.24) is 10.2 Å². The number of para-hydroxylation sites is 1. The number of carbonyl (C=O) groups is 2. The lowest BCUT2D eigenvalue weighted by atomic mass is 10.2. The molecule has 8 nitrogen and oxygen atoms in total. The number of nitrogens with zero attached hydrogens (tertiary/aromatic N) is 2. The maximum atomic E-state index is 12.5. The number of carbonyl (C=O) groups excluding carboxylic acids is 2. The Hall–Kier alpha value is -4.72. The maximum absolute atomic E-state index is 12.5. The minimum atomic E-state index is -0.413. The lowest BCUT2D eigenvalue weighted by Gasteiger charge is -2.05. The molecule has 0 atom stereocenters. The monoisotopic (exact) mass is 424 g/mol. The van der Waals surface area contributed by atoms with Gasteiger partial charge in [-0.15, -0.1) is 5.10 Å². The quantitative estimate of drug-likeness (QED) is 0.411. The molecule has 2 aromatic heterocycles. The SMILES string of the molecule is O=C(Nc1nnc(-c2ccccc2)o1)c1ccc(NC(=O)c2cc3ccccc3o2)cc1. The zero-order valence-electron chi connectivity index (χ0n) is 16.6. The van der Waals surface area contributed by atoms with Gasteiger partial charge in [0.25, 0.3) is 11.8 Å². The van der Waals surface area contributed by atoms with Gasteiger partial charge in [-0.25, -0.2) is 0 Å². The first kappa shape index (κ1) is 19.3. The number of anilines is 2. The fraction of sp³-hybridized carbons (Fsp3) is 0. The van der Waals surface area contributed by atoms with Crippen LogP contribution in [0.2, 0.25) is 0 Å². The van der Waals surface area contributed by atoms with Crippen molar-refractivity contribution in [3.8, 4) is 11.5 Å². The number of furan rings is 1. The highest BCUT2D eigenvalue weighted by Gasteiger charge is 2.15. The second-order valence-electron chi connectivity index (χ2n) is 6.91. The summed E-state index contributed by atoms with van der Waals surface area (Å²) in [5, 5.41) is 14.0. The highest BCUT2D eigenvalue weighted by Crippen LogP contribution is 2.21. The molecule has 0 spiro atoms. The fourth-order valence-corrected chi connectivity index (χ4v) is 3.13. The third-order valence-electron chi connectivity index (χ3n) is 4.72. The number of benzene rings is 3. The van der Waals surface area contributed by atoms with Crippen LogP contribution in [0, 0.1) is 0 Å². The van der Waals surface area contributed by atoms with Gasteiger partial charge in [0.15, 0.2) is 5.76 Å². The maximum Gasteiger partial charge on any atom is 0.322 e. The molecule has 156 valence electrons. The van der Waals surface area contributed by atoms with E-state index in [-0.39, 0.29) is 17.7 Å². The molecule has 0 aliphatic heterocycles. The molecular weight excluding hydrogens is 408 g/mol. The van der Waals surface area contributed by atoms with Crippen LogP contribution in [0.3, 0.4) is 0 Å². The summed E-state index contributed by atoms with van der Waals surface area (Å²) >= 11 is 0. The molecule has 2 amide bonds. The van der Waals surface area contributed by atoms with Crippen molar-refractivity contribution in [3.05, 3.63) is 96.3 Å². The predicted octanol–water partition coefficient (Wildman–Crippen LogP) is 4.99. The first-order chi connectivity index (χ1) is 15.7. The second kappa shape index (κ2) is 8.19. The van der Waals surface area contributed by atoms with Gasteiger partial charge in [0.1, 0.15) is 5.58 Å². The number of hydrogen-bond acceptors (Lipinski definition) is 6. The van der Waals surface area contributed by atoms with E-state index in [1.807, 2.05) is 48.5 Å². The van der Waals surface area contributed by atoms with Crippen LogP contribution in [0.15, 0.2) is 93.8 Å². The third-order valence-corrected chi connectivity index (χ3v) is 4.72. The summed E-state index contributed by atoms with van der Waals surface area (Å²) in [6.07, 6.45) is 0. The largest absolute Gasteiger partial charge is 0.451 e. The standard InChI is InChI=1S/C24H16N4O4/c29-21(26-24-28-27-23(32-24)16-6-2-1-3-7-16)15-10-12-18(13-11-15)25-22(30)20-14-17-8-4-5-9-19(17)31-20/h1-14H,(H,25,30)(H,26,28,29). The number of nitrogens with one attached hydrogen (secondary N) is 2. The van der Waals surface area contributed by atoms with Crippen LogP contribution in [0.4, 0.5) is 11.7 Å². The number of aromatic nitrogens is 2. The average Bonchev–Trinajstić information content (AvgIpc) is 3.47. The van der Waals surface area contributed by atoms with Crippen LogP contribution in [0.1, 0.15) is 20.9 Å². The fourth-order valence-electron chi connectivity index (χ4n) is 3.13. The van der Waals surface area contributed by atoms with Gasteiger partial charge in [0.2, 0.25) is 5.89 Å². The van der Waals surface area contributed by atoms with Crippen LogP contribution >= 0.6 is 0 Å². The molecule has 5 rings (SSSR count). The van der Waals surface area contributed by atoms with Crippen molar-refractivity contribution in [3.63, 3.8) is 0 Å². The van der Waals surface area contributed by atoms with E-state index in [1.54, 1.807) is 36.4 Å². The first-order valence-corrected chi connectivity index (χ1v) is 9.76. The summed E-state index contributed by atoms with van der Waals surface area (Å²) in [6.45, 7) is 0. The van der Waals surface area contributed by atoms with E-state index in [0.717, 1.165) is 10.9 Å². The molecule has 0 bridgehead atoms. The second-order valence-corrected chi connectivity index (χ2v) is 6.91. The molecular formula is C24H16N4O4. The Balaban J connectivity index is 1.24. The Morgan fingerprint density at radius 3 is 2.25 bits per heavy atom. The van der Waals surface area contributed by atoms with Gasteiger partial charge in [-0.2, -0.15) is 0 Å². The molecule has 0 fully saturated rings. The highest BCUT2D eigenvalue weighted by atomic mass is 16.4. The Morgan fingerprint density at radius 1 is 0.719 bits per heavy atom. The molecule has 0 saturated heterocycles. The molecule has 2 N–H and O–H groups in total. The lowest BCUT2D eigenvalue weighted by Crippen LogP contribution is -2.13. The smallest absolute Gasteiger partial charge is 0.322 e. The van der Waals surface area contributed by atoms with Crippen LogP contribution < -0.4 is 10.6 Å². The van der Waals surface area contributed by atoms with Gasteiger partial charge in [0, 0.05) is 22.2 Å². The van der Waals surface area contributed by atoms with Crippen LogP contribution in [-0.4, -0.2) is 22.0 Å². The van der Waals surface area contributed by atoms with Crippen molar-refractivity contribution in [1.29, 1.82) is 0 Å². The van der Waals surface area contributed by atoms with E-state index >= 15 is 0 Å². The zero-order valence-corrected chi connectivity index (χ0v) is 16.6. The Kier molecular flexibility index (Phi) is 4.93. The van der Waals surface area contributed by atoms with Crippen LogP contribution in [-0.2, 0) is 0 Å². The molecule has 0 unspecified atom stereocenters. The van der Waals surface area contributed by atoms with Gasteiger partial charge in [-0.05, 0) is 48.5 Å². The van der Waals surface area contributed by atoms with Crippen molar-refractivity contribution in [2.24, 2.45) is 0 Å². The molecule has 5 aromatic rings. The van der Waals surface area contributed by atoms with Gasteiger partial charge < -0.3 is 14.2 Å². The molecule has 8 heteroatoms. The van der Waals surface area contributed by atoms with E-state index in [9.17, 15) is 9.59 Å².